The molecule has 0 N–H and O–H groups in total. The van der Waals surface area contributed by atoms with Crippen LogP contribution in [0, 0.1) is 0 Å². The topological polar surface area (TPSA) is 59.7 Å². The molecular weight excluding hydrogens is 432 g/mol. The zero-order chi connectivity index (χ0) is 23.5. The normalized spacial score (nSPS) is 11.5. The summed E-state index contributed by atoms with van der Waals surface area (Å²) in [5.74, 6) is 0. The van der Waals surface area contributed by atoms with Gasteiger partial charge in [0.15, 0.2) is 0 Å². The molecule has 6 nitrogen and oxygen atoms in total. The van der Waals surface area contributed by atoms with Crippen LogP contribution in [0.4, 0.5) is 0 Å². The highest BCUT2D eigenvalue weighted by Crippen LogP contribution is 2.25. The minimum Gasteiger partial charge on any atom is -0.286 e. The summed E-state index contributed by atoms with van der Waals surface area (Å²) in [4.78, 5) is 11.3. The second kappa shape index (κ2) is 9.44. The lowest BCUT2D eigenvalue weighted by Crippen LogP contribution is -2.23. The van der Waals surface area contributed by atoms with Crippen molar-refractivity contribution < 1.29 is 0 Å². The predicted octanol–water partition coefficient (Wildman–Crippen LogP) is 5.57. The quantitative estimate of drug-likeness (QED) is 0.294. The van der Waals surface area contributed by atoms with E-state index >= 15 is 0 Å². The smallest absolute Gasteiger partial charge is 0.0972 e. The molecule has 6 heteroatoms. The molecule has 35 heavy (non-hydrogen) atoms. The summed E-state index contributed by atoms with van der Waals surface area (Å²) in [6.07, 6.45) is 5.66. The van der Waals surface area contributed by atoms with Gasteiger partial charge >= 0.3 is 0 Å². The van der Waals surface area contributed by atoms with Gasteiger partial charge in [0.25, 0.3) is 0 Å². The Kier molecular flexibility index (Phi) is 5.70. The Morgan fingerprint density at radius 3 is 1.83 bits per heavy atom. The van der Waals surface area contributed by atoms with Gasteiger partial charge in [-0.1, -0.05) is 47.7 Å². The van der Waals surface area contributed by atoms with Crippen molar-refractivity contribution in [2.45, 2.75) is 19.6 Å². The molecule has 0 bridgehead atoms. The largest absolute Gasteiger partial charge is 0.286 e. The Morgan fingerprint density at radius 2 is 1.17 bits per heavy atom. The molecule has 0 radical (unpaired) electrons. The lowest BCUT2D eigenvalue weighted by molar-refractivity contribution is 0.238. The van der Waals surface area contributed by atoms with Crippen molar-refractivity contribution in [3.8, 4) is 5.69 Å². The molecule has 6 aromatic rings. The van der Waals surface area contributed by atoms with Gasteiger partial charge in [0, 0.05) is 32.0 Å². The van der Waals surface area contributed by atoms with E-state index in [1.807, 2.05) is 59.7 Å². The maximum absolute atomic E-state index is 4.50. The van der Waals surface area contributed by atoms with E-state index in [4.69, 9.17) is 0 Å². The number of pyridine rings is 2. The number of hydrogen-bond donors (Lipinski definition) is 0. The van der Waals surface area contributed by atoms with Gasteiger partial charge in [0.05, 0.1) is 29.0 Å². The van der Waals surface area contributed by atoms with E-state index in [-0.39, 0.29) is 0 Å². The molecule has 0 aliphatic rings. The van der Waals surface area contributed by atoms with Crippen molar-refractivity contribution in [2.75, 3.05) is 0 Å². The monoisotopic (exact) mass is 456 g/mol. The summed E-state index contributed by atoms with van der Waals surface area (Å²) in [5, 5.41) is 13.8. The van der Waals surface area contributed by atoms with Gasteiger partial charge in [-0.05, 0) is 70.1 Å². The fraction of sp³-hybridized carbons (Fsp3) is 0.103. The molecule has 0 amide bonds. The van der Waals surface area contributed by atoms with Crippen molar-refractivity contribution in [1.82, 2.24) is 29.9 Å². The highest BCUT2D eigenvalue weighted by molar-refractivity contribution is 5.98. The number of hydrogen-bond acceptors (Lipinski definition) is 5. The first-order valence-electron chi connectivity index (χ1n) is 11.7. The van der Waals surface area contributed by atoms with Crippen LogP contribution in [0.5, 0.6) is 0 Å². The van der Waals surface area contributed by atoms with E-state index in [1.54, 1.807) is 0 Å². The molecule has 3 heterocycles. The molecule has 0 spiro atoms. The second-order valence-electron chi connectivity index (χ2n) is 8.67. The van der Waals surface area contributed by atoms with Gasteiger partial charge in [0.1, 0.15) is 0 Å². The Balaban J connectivity index is 1.26. The van der Waals surface area contributed by atoms with Crippen molar-refractivity contribution in [2.24, 2.45) is 0 Å². The number of rotatable bonds is 7. The fourth-order valence-electron chi connectivity index (χ4n) is 4.41. The summed E-state index contributed by atoms with van der Waals surface area (Å²) < 4.78 is 1.85. The zero-order valence-corrected chi connectivity index (χ0v) is 19.2. The van der Waals surface area contributed by atoms with Crippen LogP contribution in [0.3, 0.4) is 0 Å². The Bertz CT molecular complexity index is 1540. The molecule has 0 aliphatic heterocycles. The molecule has 0 unspecified atom stereocenters. The number of nitrogens with zero attached hydrogens (tertiary/aromatic N) is 6. The van der Waals surface area contributed by atoms with Crippen molar-refractivity contribution >= 4 is 21.5 Å². The van der Waals surface area contributed by atoms with E-state index in [1.165, 1.54) is 21.5 Å². The van der Waals surface area contributed by atoms with Gasteiger partial charge in [-0.2, -0.15) is 0 Å². The highest BCUT2D eigenvalue weighted by atomic mass is 15.4. The third-order valence-electron chi connectivity index (χ3n) is 6.10. The van der Waals surface area contributed by atoms with Gasteiger partial charge in [-0.25, -0.2) is 4.68 Å². The van der Waals surface area contributed by atoms with Gasteiger partial charge in [0.2, 0.25) is 0 Å². The van der Waals surface area contributed by atoms with E-state index in [2.05, 4.69) is 79.8 Å². The minimum absolute atomic E-state index is 0.644. The SMILES string of the molecule is c1ccc(CN(Cc2ccccn2)Cc2cn(-c3ccc4cc5ccccc5cc4c3)nn2)nc1. The van der Waals surface area contributed by atoms with Crippen LogP contribution in [-0.4, -0.2) is 29.9 Å². The van der Waals surface area contributed by atoms with Crippen LogP contribution in [-0.2, 0) is 19.6 Å². The number of benzene rings is 3. The zero-order valence-electron chi connectivity index (χ0n) is 19.2. The third-order valence-corrected chi connectivity index (χ3v) is 6.10. The molecule has 0 fully saturated rings. The van der Waals surface area contributed by atoms with Gasteiger partial charge in [-0.15, -0.1) is 5.10 Å². The van der Waals surface area contributed by atoms with Crippen LogP contribution in [0.1, 0.15) is 17.1 Å². The minimum atomic E-state index is 0.644. The van der Waals surface area contributed by atoms with Crippen molar-refractivity contribution in [3.63, 3.8) is 0 Å². The third kappa shape index (κ3) is 4.78. The molecule has 0 aliphatic carbocycles. The van der Waals surface area contributed by atoms with E-state index in [9.17, 15) is 0 Å². The first kappa shape index (κ1) is 21.1. The maximum Gasteiger partial charge on any atom is 0.0972 e. The summed E-state index contributed by atoms with van der Waals surface area (Å²) in [6.45, 7) is 2.05. The van der Waals surface area contributed by atoms with Crippen LogP contribution in [0.25, 0.3) is 27.2 Å². The van der Waals surface area contributed by atoms with E-state index < -0.39 is 0 Å². The molecule has 0 saturated heterocycles. The molecule has 3 aromatic heterocycles. The van der Waals surface area contributed by atoms with Crippen molar-refractivity contribution in [1.29, 1.82) is 0 Å². The van der Waals surface area contributed by atoms with Crippen LogP contribution in [0.2, 0.25) is 0 Å². The molecule has 0 saturated carbocycles. The summed E-state index contributed by atoms with van der Waals surface area (Å²) >= 11 is 0. The van der Waals surface area contributed by atoms with Crippen LogP contribution in [0.15, 0.2) is 110 Å². The Morgan fingerprint density at radius 1 is 0.571 bits per heavy atom. The van der Waals surface area contributed by atoms with Gasteiger partial charge in [-0.3, -0.25) is 14.9 Å². The van der Waals surface area contributed by atoms with E-state index in [0.717, 1.165) is 22.8 Å². The molecular formula is C29H24N6. The van der Waals surface area contributed by atoms with Crippen LogP contribution < -0.4 is 0 Å². The Labute approximate surface area is 203 Å². The lowest BCUT2D eigenvalue weighted by Gasteiger charge is -2.20. The highest BCUT2D eigenvalue weighted by Gasteiger charge is 2.13. The molecule has 0 atom stereocenters. The molecule has 170 valence electrons. The van der Waals surface area contributed by atoms with Crippen molar-refractivity contribution in [3.05, 3.63) is 127 Å². The lowest BCUT2D eigenvalue weighted by atomic mass is 10.0. The maximum atomic E-state index is 4.50. The summed E-state index contributed by atoms with van der Waals surface area (Å²) in [5.41, 5.74) is 3.91. The fourth-order valence-corrected chi connectivity index (χ4v) is 4.41. The van der Waals surface area contributed by atoms with E-state index in [0.29, 0.717) is 19.6 Å². The van der Waals surface area contributed by atoms with Gasteiger partial charge < -0.3 is 0 Å². The molecule has 6 rings (SSSR count). The summed E-state index contributed by atoms with van der Waals surface area (Å²) in [6, 6.07) is 31.3. The second-order valence-corrected chi connectivity index (χ2v) is 8.67. The predicted molar refractivity (Wildman–Crippen MR) is 138 cm³/mol. The molecule has 3 aromatic carbocycles. The summed E-state index contributed by atoms with van der Waals surface area (Å²) in [7, 11) is 0. The van der Waals surface area contributed by atoms with Crippen LogP contribution >= 0.6 is 0 Å². The first-order valence-corrected chi connectivity index (χ1v) is 11.7. The number of aromatic nitrogens is 5. The average Bonchev–Trinajstić information content (AvgIpc) is 3.37. The Hall–Kier alpha value is -4.42. The first-order chi connectivity index (χ1) is 17.3. The number of fused-ring (bicyclic) bond motifs is 2. The average molecular weight is 457 g/mol. The standard InChI is InChI=1S/C29H24N6/c1-2-8-23-16-25-17-29(12-11-24(25)15-22(23)7-1)35-21-28(32-33-35)20-34(18-26-9-3-5-13-30-26)19-27-10-4-6-14-31-27/h1-17,21H,18-20H2.